The van der Waals surface area contributed by atoms with Crippen LogP contribution in [0.25, 0.3) is 5.69 Å². The molecule has 6 nitrogen and oxygen atoms in total. The Morgan fingerprint density at radius 3 is 2.35 bits per heavy atom. The Balaban J connectivity index is 2.30. The van der Waals surface area contributed by atoms with E-state index in [-0.39, 0.29) is 24.2 Å². The van der Waals surface area contributed by atoms with Gasteiger partial charge in [0.05, 0.1) is 12.7 Å². The molecule has 2 aromatic rings. The molecule has 0 saturated heterocycles. The number of carbonyl (C=O) groups excluding carboxylic acids is 2. The van der Waals surface area contributed by atoms with Crippen molar-refractivity contribution in [1.82, 2.24) is 19.4 Å². The van der Waals surface area contributed by atoms with E-state index in [0.29, 0.717) is 29.6 Å². The molecular weight excluding hydrogens is 355 g/mol. The van der Waals surface area contributed by atoms with Crippen LogP contribution in [-0.2, 0) is 4.79 Å². The number of thioether (sulfide) groups is 1. The molecule has 1 aromatic carbocycles. The third kappa shape index (κ3) is 4.24. The molecule has 0 radical (unpaired) electrons. The van der Waals surface area contributed by atoms with Gasteiger partial charge in [-0.15, -0.1) is 0 Å². The Bertz CT molecular complexity index is 772. The molecule has 0 spiro atoms. The molecule has 0 aliphatic heterocycles. The first-order valence-electron chi connectivity index (χ1n) is 8.33. The quantitative estimate of drug-likeness (QED) is 0.695. The first kappa shape index (κ1) is 20.0. The van der Waals surface area contributed by atoms with E-state index in [1.165, 1.54) is 35.0 Å². The van der Waals surface area contributed by atoms with Gasteiger partial charge in [0.2, 0.25) is 5.91 Å². The fourth-order valence-electron chi connectivity index (χ4n) is 2.62. The summed E-state index contributed by atoms with van der Waals surface area (Å²) in [6.07, 6.45) is 3.33. The monoisotopic (exact) mass is 378 g/mol. The first-order valence-corrected chi connectivity index (χ1v) is 9.56. The van der Waals surface area contributed by atoms with E-state index in [0.717, 1.165) is 0 Å². The van der Waals surface area contributed by atoms with Gasteiger partial charge in [0.1, 0.15) is 11.5 Å². The maximum absolute atomic E-state index is 13.2. The standard InChI is InChI=1S/C18H23FN4O2S/c1-5-22(6-2)16(24)12-21(3)17(25)15-11-20-18(26-4)23(15)14-9-7-13(19)8-10-14/h7-11H,5-6,12H2,1-4H3. The van der Waals surface area contributed by atoms with Crippen molar-refractivity contribution in [3.63, 3.8) is 0 Å². The van der Waals surface area contributed by atoms with Gasteiger partial charge in [0.25, 0.3) is 5.91 Å². The van der Waals surface area contributed by atoms with Gasteiger partial charge >= 0.3 is 0 Å². The molecule has 0 saturated carbocycles. The van der Waals surface area contributed by atoms with Crippen molar-refractivity contribution in [3.05, 3.63) is 42.0 Å². The van der Waals surface area contributed by atoms with Crippen LogP contribution in [0.5, 0.6) is 0 Å². The molecule has 0 atom stereocenters. The number of hydrogen-bond donors (Lipinski definition) is 0. The number of carbonyl (C=O) groups is 2. The minimum absolute atomic E-state index is 0.0102. The van der Waals surface area contributed by atoms with Crippen molar-refractivity contribution in [2.75, 3.05) is 32.9 Å². The van der Waals surface area contributed by atoms with Crippen LogP contribution in [0, 0.1) is 5.82 Å². The molecule has 8 heteroatoms. The van der Waals surface area contributed by atoms with Crippen molar-refractivity contribution >= 4 is 23.6 Å². The summed E-state index contributed by atoms with van der Waals surface area (Å²) in [5, 5.41) is 0.614. The van der Waals surface area contributed by atoms with Gasteiger partial charge in [-0.2, -0.15) is 0 Å². The van der Waals surface area contributed by atoms with Crippen molar-refractivity contribution in [2.24, 2.45) is 0 Å². The molecule has 26 heavy (non-hydrogen) atoms. The number of likely N-dealkylation sites (N-methyl/N-ethyl adjacent to an activating group) is 2. The van der Waals surface area contributed by atoms with Crippen LogP contribution in [0.1, 0.15) is 24.3 Å². The molecule has 1 heterocycles. The van der Waals surface area contributed by atoms with E-state index in [2.05, 4.69) is 4.98 Å². The van der Waals surface area contributed by atoms with Crippen molar-refractivity contribution in [1.29, 1.82) is 0 Å². The van der Waals surface area contributed by atoms with Gasteiger partial charge in [0, 0.05) is 25.8 Å². The molecular formula is C18H23FN4O2S. The second-order valence-electron chi connectivity index (χ2n) is 5.67. The Labute approximate surface area is 157 Å². The Hall–Kier alpha value is -2.35. The summed E-state index contributed by atoms with van der Waals surface area (Å²) in [6.45, 7) is 4.99. The summed E-state index contributed by atoms with van der Waals surface area (Å²) < 4.78 is 14.9. The van der Waals surface area contributed by atoms with Crippen molar-refractivity contribution in [3.8, 4) is 5.69 Å². The van der Waals surface area contributed by atoms with E-state index >= 15 is 0 Å². The topological polar surface area (TPSA) is 58.4 Å². The maximum atomic E-state index is 13.2. The Morgan fingerprint density at radius 2 is 1.81 bits per heavy atom. The molecule has 0 unspecified atom stereocenters. The predicted octanol–water partition coefficient (Wildman–Crippen LogP) is 2.67. The molecule has 0 bridgehead atoms. The number of nitrogens with zero attached hydrogens (tertiary/aromatic N) is 4. The number of halogens is 1. The lowest BCUT2D eigenvalue weighted by Gasteiger charge is -2.23. The fourth-order valence-corrected chi connectivity index (χ4v) is 3.16. The molecule has 140 valence electrons. The highest BCUT2D eigenvalue weighted by Gasteiger charge is 2.23. The molecule has 1 aromatic heterocycles. The summed E-state index contributed by atoms with van der Waals surface area (Å²) in [4.78, 5) is 32.5. The highest BCUT2D eigenvalue weighted by Crippen LogP contribution is 2.22. The van der Waals surface area contributed by atoms with Gasteiger partial charge in [-0.3, -0.25) is 14.2 Å². The second-order valence-corrected chi connectivity index (χ2v) is 6.44. The highest BCUT2D eigenvalue weighted by atomic mass is 32.2. The van der Waals surface area contributed by atoms with E-state index in [9.17, 15) is 14.0 Å². The van der Waals surface area contributed by atoms with Gasteiger partial charge in [0.15, 0.2) is 5.16 Å². The zero-order valence-corrected chi connectivity index (χ0v) is 16.2. The summed E-state index contributed by atoms with van der Waals surface area (Å²) >= 11 is 1.38. The minimum atomic E-state index is -0.352. The van der Waals surface area contributed by atoms with E-state index < -0.39 is 0 Å². The van der Waals surface area contributed by atoms with Gasteiger partial charge in [-0.05, 0) is 44.4 Å². The fraction of sp³-hybridized carbons (Fsp3) is 0.389. The van der Waals surface area contributed by atoms with Crippen LogP contribution in [0.3, 0.4) is 0 Å². The number of hydrogen-bond acceptors (Lipinski definition) is 4. The van der Waals surface area contributed by atoms with Crippen molar-refractivity contribution in [2.45, 2.75) is 19.0 Å². The third-order valence-corrected chi connectivity index (χ3v) is 4.70. The minimum Gasteiger partial charge on any atom is -0.342 e. The van der Waals surface area contributed by atoms with Gasteiger partial charge in [-0.1, -0.05) is 11.8 Å². The van der Waals surface area contributed by atoms with Gasteiger partial charge < -0.3 is 9.80 Å². The van der Waals surface area contributed by atoms with E-state index in [1.54, 1.807) is 28.6 Å². The largest absolute Gasteiger partial charge is 0.342 e. The normalized spacial score (nSPS) is 10.7. The van der Waals surface area contributed by atoms with E-state index in [4.69, 9.17) is 0 Å². The summed E-state index contributed by atoms with van der Waals surface area (Å²) in [6, 6.07) is 5.85. The number of aromatic nitrogens is 2. The first-order chi connectivity index (χ1) is 12.4. The second kappa shape index (κ2) is 8.84. The predicted molar refractivity (Wildman–Crippen MR) is 100 cm³/mol. The highest BCUT2D eigenvalue weighted by molar-refractivity contribution is 7.98. The van der Waals surface area contributed by atoms with Crippen molar-refractivity contribution < 1.29 is 14.0 Å². The number of imidazole rings is 1. The third-order valence-electron chi connectivity index (χ3n) is 4.05. The van der Waals surface area contributed by atoms with Crippen LogP contribution in [0.4, 0.5) is 4.39 Å². The SMILES string of the molecule is CCN(CC)C(=O)CN(C)C(=O)c1cnc(SC)n1-c1ccc(F)cc1. The van der Waals surface area contributed by atoms with Crippen LogP contribution in [0.15, 0.2) is 35.6 Å². The lowest BCUT2D eigenvalue weighted by atomic mass is 10.3. The van der Waals surface area contributed by atoms with E-state index in [1.807, 2.05) is 20.1 Å². The molecule has 2 rings (SSSR count). The average molecular weight is 378 g/mol. The Morgan fingerprint density at radius 1 is 1.19 bits per heavy atom. The summed E-state index contributed by atoms with van der Waals surface area (Å²) in [7, 11) is 1.59. The smallest absolute Gasteiger partial charge is 0.272 e. The number of amides is 2. The molecule has 0 aliphatic carbocycles. The number of rotatable bonds is 7. The van der Waals surface area contributed by atoms with Crippen LogP contribution in [0.2, 0.25) is 0 Å². The molecule has 0 fully saturated rings. The Kier molecular flexibility index (Phi) is 6.79. The van der Waals surface area contributed by atoms with Crippen LogP contribution in [-0.4, -0.2) is 64.1 Å². The number of benzene rings is 1. The zero-order chi connectivity index (χ0) is 19.3. The van der Waals surface area contributed by atoms with Crippen LogP contribution < -0.4 is 0 Å². The molecule has 0 aliphatic rings. The summed E-state index contributed by atoms with van der Waals surface area (Å²) in [5.74, 6) is -0.777. The summed E-state index contributed by atoms with van der Waals surface area (Å²) in [5.41, 5.74) is 0.968. The maximum Gasteiger partial charge on any atom is 0.272 e. The zero-order valence-electron chi connectivity index (χ0n) is 15.4. The van der Waals surface area contributed by atoms with Crippen LogP contribution >= 0.6 is 11.8 Å². The molecule has 2 amide bonds. The lowest BCUT2D eigenvalue weighted by molar-refractivity contribution is -0.131. The average Bonchev–Trinajstić information content (AvgIpc) is 3.06. The van der Waals surface area contributed by atoms with Gasteiger partial charge in [-0.25, -0.2) is 9.37 Å². The lowest BCUT2D eigenvalue weighted by Crippen LogP contribution is -2.41. The molecule has 0 N–H and O–H groups in total.